The standard InChI is InChI=1S/C24H25N3O5S/c1-16-5-9-20(13-17(16)2)32-24-12-8-19(15-26-24)27-23(28)11-7-18-6-10-21(31-4)22(14-18)33(29,30)25-3/h5-15,25H,1-4H3,(H,27,28). The highest BCUT2D eigenvalue weighted by Gasteiger charge is 2.17. The molecule has 0 aliphatic rings. The Balaban J connectivity index is 1.66. The molecule has 0 aliphatic heterocycles. The Hall–Kier alpha value is -3.69. The van der Waals surface area contributed by atoms with Crippen LogP contribution in [0.4, 0.5) is 5.69 Å². The van der Waals surface area contributed by atoms with E-state index in [1.165, 1.54) is 50.2 Å². The van der Waals surface area contributed by atoms with Crippen LogP contribution in [0.3, 0.4) is 0 Å². The summed E-state index contributed by atoms with van der Waals surface area (Å²) in [6.07, 6.45) is 4.30. The number of rotatable bonds is 8. The summed E-state index contributed by atoms with van der Waals surface area (Å²) in [5.74, 6) is 0.904. The van der Waals surface area contributed by atoms with Gasteiger partial charge in [-0.15, -0.1) is 0 Å². The molecule has 0 saturated heterocycles. The molecule has 9 heteroatoms. The summed E-state index contributed by atoms with van der Waals surface area (Å²) < 4.78 is 37.5. The Morgan fingerprint density at radius 3 is 2.45 bits per heavy atom. The van der Waals surface area contributed by atoms with Crippen molar-refractivity contribution < 1.29 is 22.7 Å². The van der Waals surface area contributed by atoms with Gasteiger partial charge in [-0.1, -0.05) is 12.1 Å². The van der Waals surface area contributed by atoms with Crippen molar-refractivity contribution in [2.75, 3.05) is 19.5 Å². The van der Waals surface area contributed by atoms with Crippen molar-refractivity contribution in [1.82, 2.24) is 9.71 Å². The van der Waals surface area contributed by atoms with E-state index in [-0.39, 0.29) is 10.6 Å². The van der Waals surface area contributed by atoms with Crippen LogP contribution in [0.2, 0.25) is 0 Å². The van der Waals surface area contributed by atoms with Crippen molar-refractivity contribution >= 4 is 27.7 Å². The van der Waals surface area contributed by atoms with E-state index in [4.69, 9.17) is 9.47 Å². The zero-order valence-electron chi connectivity index (χ0n) is 18.7. The van der Waals surface area contributed by atoms with Gasteiger partial charge in [-0.3, -0.25) is 4.79 Å². The Bertz CT molecular complexity index is 1290. The number of carbonyl (C=O) groups excluding carboxylic acids is 1. The maximum absolute atomic E-state index is 12.3. The minimum absolute atomic E-state index is 0.0152. The summed E-state index contributed by atoms with van der Waals surface area (Å²) >= 11 is 0. The normalized spacial score (nSPS) is 11.4. The van der Waals surface area contributed by atoms with Crippen molar-refractivity contribution in [3.05, 3.63) is 77.5 Å². The van der Waals surface area contributed by atoms with Gasteiger partial charge in [-0.2, -0.15) is 0 Å². The predicted molar refractivity (Wildman–Crippen MR) is 127 cm³/mol. The Morgan fingerprint density at radius 1 is 1.03 bits per heavy atom. The summed E-state index contributed by atoms with van der Waals surface area (Å²) in [6, 6.07) is 13.7. The molecule has 0 saturated carbocycles. The summed E-state index contributed by atoms with van der Waals surface area (Å²) in [5, 5.41) is 2.70. The third kappa shape index (κ3) is 6.18. The number of hydrogen-bond donors (Lipinski definition) is 2. The quantitative estimate of drug-likeness (QED) is 0.484. The molecule has 0 fully saturated rings. The van der Waals surface area contributed by atoms with Gasteiger partial charge in [0.05, 0.1) is 19.0 Å². The lowest BCUT2D eigenvalue weighted by Crippen LogP contribution is -2.19. The van der Waals surface area contributed by atoms with Gasteiger partial charge in [-0.05, 0) is 74.0 Å². The number of nitrogens with zero attached hydrogens (tertiary/aromatic N) is 1. The number of sulfonamides is 1. The second kappa shape index (κ2) is 10.3. The van der Waals surface area contributed by atoms with Crippen molar-refractivity contribution in [1.29, 1.82) is 0 Å². The maximum Gasteiger partial charge on any atom is 0.248 e. The van der Waals surface area contributed by atoms with E-state index in [0.29, 0.717) is 22.9 Å². The molecule has 0 atom stereocenters. The Morgan fingerprint density at radius 2 is 1.82 bits per heavy atom. The molecule has 1 heterocycles. The van der Waals surface area contributed by atoms with E-state index in [1.54, 1.807) is 18.2 Å². The lowest BCUT2D eigenvalue weighted by Gasteiger charge is -2.09. The van der Waals surface area contributed by atoms with E-state index in [1.807, 2.05) is 32.0 Å². The van der Waals surface area contributed by atoms with Gasteiger partial charge in [0, 0.05) is 12.1 Å². The van der Waals surface area contributed by atoms with Gasteiger partial charge in [-0.25, -0.2) is 18.1 Å². The number of aryl methyl sites for hydroxylation is 2. The van der Waals surface area contributed by atoms with Crippen LogP contribution in [-0.2, 0) is 14.8 Å². The van der Waals surface area contributed by atoms with Crippen LogP contribution in [0, 0.1) is 13.8 Å². The number of amides is 1. The van der Waals surface area contributed by atoms with E-state index < -0.39 is 15.9 Å². The molecular formula is C24H25N3O5S. The number of ether oxygens (including phenoxy) is 2. The van der Waals surface area contributed by atoms with Crippen LogP contribution >= 0.6 is 0 Å². The van der Waals surface area contributed by atoms with E-state index in [2.05, 4.69) is 15.0 Å². The lowest BCUT2D eigenvalue weighted by molar-refractivity contribution is -0.111. The average molecular weight is 468 g/mol. The fraction of sp³-hybridized carbons (Fsp3) is 0.167. The molecule has 0 bridgehead atoms. The van der Waals surface area contributed by atoms with Crippen molar-refractivity contribution in [3.8, 4) is 17.4 Å². The monoisotopic (exact) mass is 467 g/mol. The third-order valence-electron chi connectivity index (χ3n) is 4.88. The second-order valence-electron chi connectivity index (χ2n) is 7.17. The van der Waals surface area contributed by atoms with Gasteiger partial charge in [0.1, 0.15) is 16.4 Å². The van der Waals surface area contributed by atoms with Crippen molar-refractivity contribution in [3.63, 3.8) is 0 Å². The number of aromatic nitrogens is 1. The molecule has 33 heavy (non-hydrogen) atoms. The van der Waals surface area contributed by atoms with E-state index in [9.17, 15) is 13.2 Å². The molecule has 3 aromatic rings. The highest BCUT2D eigenvalue weighted by molar-refractivity contribution is 7.89. The molecule has 3 rings (SSSR count). The van der Waals surface area contributed by atoms with Crippen LogP contribution in [0.25, 0.3) is 6.08 Å². The SMILES string of the molecule is CNS(=O)(=O)c1cc(C=CC(=O)Nc2ccc(Oc3ccc(C)c(C)c3)nc2)ccc1OC. The largest absolute Gasteiger partial charge is 0.495 e. The minimum atomic E-state index is -3.71. The zero-order chi connectivity index (χ0) is 24.0. The molecule has 2 aromatic carbocycles. The Kier molecular flexibility index (Phi) is 7.47. The smallest absolute Gasteiger partial charge is 0.248 e. The number of hydrogen-bond acceptors (Lipinski definition) is 6. The van der Waals surface area contributed by atoms with Gasteiger partial charge in [0.25, 0.3) is 0 Å². The molecule has 1 amide bonds. The number of anilines is 1. The number of nitrogens with one attached hydrogen (secondary N) is 2. The molecule has 0 radical (unpaired) electrons. The molecule has 172 valence electrons. The van der Waals surface area contributed by atoms with Crippen LogP contribution in [0.5, 0.6) is 17.4 Å². The van der Waals surface area contributed by atoms with E-state index in [0.717, 1.165) is 5.56 Å². The van der Waals surface area contributed by atoms with E-state index >= 15 is 0 Å². The number of pyridine rings is 1. The second-order valence-corrected chi connectivity index (χ2v) is 9.03. The topological polar surface area (TPSA) is 107 Å². The molecular weight excluding hydrogens is 442 g/mol. The number of methoxy groups -OCH3 is 1. The molecule has 0 spiro atoms. The zero-order valence-corrected chi connectivity index (χ0v) is 19.6. The number of carbonyl (C=O) groups is 1. The van der Waals surface area contributed by atoms with Gasteiger partial charge in [0.15, 0.2) is 0 Å². The summed E-state index contributed by atoms with van der Waals surface area (Å²) in [6.45, 7) is 4.04. The first kappa shape index (κ1) is 24.0. The highest BCUT2D eigenvalue weighted by Crippen LogP contribution is 2.25. The fourth-order valence-corrected chi connectivity index (χ4v) is 3.81. The summed E-state index contributed by atoms with van der Waals surface area (Å²) in [7, 11) is -1.01. The first-order valence-corrected chi connectivity index (χ1v) is 11.5. The van der Waals surface area contributed by atoms with Crippen LogP contribution < -0.4 is 19.5 Å². The van der Waals surface area contributed by atoms with Gasteiger partial charge >= 0.3 is 0 Å². The van der Waals surface area contributed by atoms with Crippen LogP contribution in [-0.4, -0.2) is 33.5 Å². The minimum Gasteiger partial charge on any atom is -0.495 e. The van der Waals surface area contributed by atoms with Crippen molar-refractivity contribution in [2.45, 2.75) is 18.7 Å². The summed E-state index contributed by atoms with van der Waals surface area (Å²) in [4.78, 5) is 16.5. The molecule has 0 aliphatic carbocycles. The lowest BCUT2D eigenvalue weighted by atomic mass is 10.1. The number of benzene rings is 2. The molecule has 1 aromatic heterocycles. The van der Waals surface area contributed by atoms with Crippen LogP contribution in [0.15, 0.2) is 65.7 Å². The first-order chi connectivity index (χ1) is 15.7. The molecule has 0 unspecified atom stereocenters. The maximum atomic E-state index is 12.3. The fourth-order valence-electron chi connectivity index (χ4n) is 2.89. The predicted octanol–water partition coefficient (Wildman–Crippen LogP) is 4.06. The first-order valence-electron chi connectivity index (χ1n) is 10.0. The molecule has 8 nitrogen and oxygen atoms in total. The average Bonchev–Trinajstić information content (AvgIpc) is 2.81. The van der Waals surface area contributed by atoms with Gasteiger partial charge in [0.2, 0.25) is 21.8 Å². The third-order valence-corrected chi connectivity index (χ3v) is 6.31. The van der Waals surface area contributed by atoms with Crippen molar-refractivity contribution in [2.24, 2.45) is 0 Å². The Labute approximate surface area is 193 Å². The van der Waals surface area contributed by atoms with Crippen LogP contribution in [0.1, 0.15) is 16.7 Å². The highest BCUT2D eigenvalue weighted by atomic mass is 32.2. The summed E-state index contributed by atoms with van der Waals surface area (Å²) in [5.41, 5.74) is 3.31. The molecule has 2 N–H and O–H groups in total. The van der Waals surface area contributed by atoms with Gasteiger partial charge < -0.3 is 14.8 Å².